The maximum Gasteiger partial charge on any atom is 0.350 e. The van der Waals surface area contributed by atoms with E-state index in [1.54, 1.807) is 56.8 Å². The fraction of sp³-hybridized carbons (Fsp3) is 0.286. The van der Waals surface area contributed by atoms with Crippen LogP contribution in [0.2, 0.25) is 0 Å². The van der Waals surface area contributed by atoms with Crippen LogP contribution < -0.4 is 10.6 Å². The predicted molar refractivity (Wildman–Crippen MR) is 163 cm³/mol. The number of nitrogens with one attached hydrogen (secondary N) is 2. The number of sulfone groups is 1. The first-order chi connectivity index (χ1) is 20.2. The van der Waals surface area contributed by atoms with Gasteiger partial charge in [-0.25, -0.2) is 23.2 Å². The van der Waals surface area contributed by atoms with E-state index >= 15 is 0 Å². The van der Waals surface area contributed by atoms with Gasteiger partial charge in [-0.2, -0.15) is 9.97 Å². The van der Waals surface area contributed by atoms with Gasteiger partial charge in [0, 0.05) is 25.2 Å². The zero-order valence-corrected chi connectivity index (χ0v) is 25.6. The van der Waals surface area contributed by atoms with Gasteiger partial charge in [0.25, 0.3) is 0 Å². The highest BCUT2D eigenvalue weighted by Crippen LogP contribution is 2.28. The molecule has 0 aliphatic rings. The van der Waals surface area contributed by atoms with E-state index in [2.05, 4.69) is 30.6 Å². The molecule has 1 aromatic carbocycles. The zero-order chi connectivity index (χ0) is 30.3. The molecule has 0 aliphatic carbocycles. The number of anilines is 3. The third kappa shape index (κ3) is 7.25. The minimum atomic E-state index is -3.29. The molecule has 42 heavy (non-hydrogen) atoms. The lowest BCUT2D eigenvalue weighted by atomic mass is 10.2. The summed E-state index contributed by atoms with van der Waals surface area (Å²) in [5, 5.41) is 6.88. The van der Waals surface area contributed by atoms with E-state index in [1.165, 1.54) is 6.26 Å². The molecule has 0 unspecified atom stereocenters. The molecule has 5 rings (SSSR count). The normalized spacial score (nSPS) is 11.1. The van der Waals surface area contributed by atoms with Crippen LogP contribution in [0.1, 0.15) is 47.3 Å². The van der Waals surface area contributed by atoms with Gasteiger partial charge in [-0.15, -0.1) is 0 Å². The van der Waals surface area contributed by atoms with Crippen LogP contribution in [0.3, 0.4) is 0 Å². The summed E-state index contributed by atoms with van der Waals surface area (Å²) in [6, 6.07) is 10.5. The lowest BCUT2D eigenvalue weighted by Crippen LogP contribution is -2.07. The lowest BCUT2D eigenvalue weighted by Gasteiger charge is -2.10. The Morgan fingerprint density at radius 3 is 2.50 bits per heavy atom. The first-order valence-corrected chi connectivity index (χ1v) is 16.0. The summed E-state index contributed by atoms with van der Waals surface area (Å²) in [5.41, 5.74) is 3.50. The van der Waals surface area contributed by atoms with Gasteiger partial charge in [-0.3, -0.25) is 10.3 Å². The largest absolute Gasteiger partial charge is 0.462 e. The molecule has 0 bridgehead atoms. The minimum absolute atomic E-state index is 0.253. The first kappa shape index (κ1) is 30.5. The molecule has 2 N–H and O–H groups in total. The van der Waals surface area contributed by atoms with Crippen LogP contribution in [-0.2, 0) is 27.7 Å². The van der Waals surface area contributed by atoms with Gasteiger partial charge in [0.15, 0.2) is 32.0 Å². The standard InChI is InChI=1S/C26H26N8O4S2.C2H6/c1-4-38-24(35)21-16(2)30-26(39-21)33-25-31-22(28-13-18-6-5-11-27-12-18)20-23(32-25)34(15-29-20)14-17-7-9-19(10-8-17)40(3,36)37;1-2/h5-12,15H,4,13-14H2,1-3H3,(H2,28,30,31,32,33);1-2H3. The Bertz CT molecular complexity index is 1770. The number of rotatable bonds is 10. The minimum Gasteiger partial charge on any atom is -0.462 e. The van der Waals surface area contributed by atoms with Crippen LogP contribution in [0.15, 0.2) is 60.0 Å². The van der Waals surface area contributed by atoms with Crippen molar-refractivity contribution in [2.24, 2.45) is 0 Å². The quantitative estimate of drug-likeness (QED) is 0.206. The maximum absolute atomic E-state index is 12.3. The van der Waals surface area contributed by atoms with Gasteiger partial charge in [-0.05, 0) is 43.2 Å². The second-order valence-corrected chi connectivity index (χ2v) is 11.9. The van der Waals surface area contributed by atoms with Crippen LogP contribution in [0.4, 0.5) is 16.9 Å². The summed E-state index contributed by atoms with van der Waals surface area (Å²) in [4.78, 5) is 35.4. The number of aryl methyl sites for hydroxylation is 1. The number of benzene rings is 1. The molecule has 0 spiro atoms. The maximum atomic E-state index is 12.3. The van der Waals surface area contributed by atoms with Crippen LogP contribution in [-0.4, -0.2) is 56.7 Å². The van der Waals surface area contributed by atoms with Gasteiger partial charge in [0.05, 0.1) is 30.1 Å². The van der Waals surface area contributed by atoms with Gasteiger partial charge in [-0.1, -0.05) is 43.4 Å². The Kier molecular flexibility index (Phi) is 9.80. The van der Waals surface area contributed by atoms with E-state index in [1.807, 2.05) is 30.5 Å². The number of pyridine rings is 1. The monoisotopic (exact) mass is 608 g/mol. The van der Waals surface area contributed by atoms with E-state index < -0.39 is 15.8 Å². The molecule has 0 fully saturated rings. The number of imidazole rings is 1. The third-order valence-electron chi connectivity index (χ3n) is 5.83. The van der Waals surface area contributed by atoms with Gasteiger partial charge < -0.3 is 14.6 Å². The number of carbonyl (C=O) groups excluding carboxylic acids is 1. The van der Waals surface area contributed by atoms with E-state index in [9.17, 15) is 13.2 Å². The summed E-state index contributed by atoms with van der Waals surface area (Å²) in [7, 11) is -3.29. The first-order valence-electron chi connectivity index (χ1n) is 13.3. The molecular weight excluding hydrogens is 576 g/mol. The highest BCUT2D eigenvalue weighted by molar-refractivity contribution is 7.90. The Morgan fingerprint density at radius 2 is 1.83 bits per heavy atom. The average Bonchev–Trinajstić information content (AvgIpc) is 3.56. The molecule has 5 aromatic rings. The molecule has 220 valence electrons. The molecule has 0 saturated heterocycles. The lowest BCUT2D eigenvalue weighted by molar-refractivity contribution is 0.0531. The number of esters is 1. The van der Waals surface area contributed by atoms with Crippen molar-refractivity contribution in [1.82, 2.24) is 29.5 Å². The van der Waals surface area contributed by atoms with Crippen molar-refractivity contribution in [3.63, 3.8) is 0 Å². The summed E-state index contributed by atoms with van der Waals surface area (Å²) >= 11 is 1.16. The molecule has 0 aliphatic heterocycles. The number of fused-ring (bicyclic) bond motifs is 1. The van der Waals surface area contributed by atoms with E-state index in [0.29, 0.717) is 45.8 Å². The molecule has 0 radical (unpaired) electrons. The van der Waals surface area contributed by atoms with Gasteiger partial charge >= 0.3 is 5.97 Å². The van der Waals surface area contributed by atoms with Crippen LogP contribution in [0.5, 0.6) is 0 Å². The van der Waals surface area contributed by atoms with Gasteiger partial charge in [0.1, 0.15) is 4.88 Å². The number of aromatic nitrogens is 6. The molecule has 4 heterocycles. The van der Waals surface area contributed by atoms with Crippen molar-refractivity contribution in [1.29, 1.82) is 0 Å². The van der Waals surface area contributed by atoms with Crippen LogP contribution in [0.25, 0.3) is 11.2 Å². The van der Waals surface area contributed by atoms with Crippen LogP contribution >= 0.6 is 11.3 Å². The van der Waals surface area contributed by atoms with Crippen LogP contribution in [0, 0.1) is 6.92 Å². The summed E-state index contributed by atoms with van der Waals surface area (Å²) in [6.07, 6.45) is 6.31. The van der Waals surface area contributed by atoms with E-state index in [0.717, 1.165) is 22.5 Å². The number of hydrogen-bond acceptors (Lipinski definition) is 12. The molecule has 0 saturated carbocycles. The number of thiazole rings is 1. The Hall–Kier alpha value is -4.43. The topological polar surface area (TPSA) is 154 Å². The van der Waals surface area contributed by atoms with Crippen molar-refractivity contribution in [3.8, 4) is 0 Å². The fourth-order valence-electron chi connectivity index (χ4n) is 3.90. The molecule has 0 amide bonds. The molecule has 14 heteroatoms. The molecule has 12 nitrogen and oxygen atoms in total. The van der Waals surface area contributed by atoms with Gasteiger partial charge in [0.2, 0.25) is 5.95 Å². The van der Waals surface area contributed by atoms with Crippen molar-refractivity contribution >= 4 is 55.2 Å². The number of ether oxygens (including phenoxy) is 1. The second kappa shape index (κ2) is 13.5. The number of nitrogens with zero attached hydrogens (tertiary/aromatic N) is 6. The summed E-state index contributed by atoms with van der Waals surface area (Å²) in [5.74, 6) is 0.335. The average molecular weight is 609 g/mol. The second-order valence-electron chi connectivity index (χ2n) is 8.85. The van der Waals surface area contributed by atoms with E-state index in [4.69, 9.17) is 9.72 Å². The number of carbonyl (C=O) groups is 1. The fourth-order valence-corrected chi connectivity index (χ4v) is 5.38. The predicted octanol–water partition coefficient (Wildman–Crippen LogP) is 5.00. The summed E-state index contributed by atoms with van der Waals surface area (Å²) < 4.78 is 30.6. The van der Waals surface area contributed by atoms with E-state index in [-0.39, 0.29) is 17.5 Å². The third-order valence-corrected chi connectivity index (χ3v) is 8.01. The smallest absolute Gasteiger partial charge is 0.350 e. The SMILES string of the molecule is CC.CCOC(=O)c1sc(Nc2nc(NCc3cccnc3)c3ncn(Cc4ccc(S(C)(=O)=O)cc4)c3n2)nc1C. The Balaban J connectivity index is 0.00000198. The molecule has 0 atom stereocenters. The van der Waals surface area contributed by atoms with Crippen molar-refractivity contribution in [2.45, 2.75) is 45.7 Å². The van der Waals surface area contributed by atoms with Crippen molar-refractivity contribution in [2.75, 3.05) is 23.5 Å². The Morgan fingerprint density at radius 1 is 1.07 bits per heavy atom. The van der Waals surface area contributed by atoms with Crippen molar-refractivity contribution in [3.05, 3.63) is 76.8 Å². The number of hydrogen-bond donors (Lipinski definition) is 2. The molecule has 4 aromatic heterocycles. The summed E-state index contributed by atoms with van der Waals surface area (Å²) in [6.45, 7) is 8.62. The molecular formula is C28H32N8O4S2. The highest BCUT2D eigenvalue weighted by Gasteiger charge is 2.19. The Labute approximate surface area is 248 Å². The zero-order valence-electron chi connectivity index (χ0n) is 24.0. The highest BCUT2D eigenvalue weighted by atomic mass is 32.2. The van der Waals surface area contributed by atoms with Crippen molar-refractivity contribution < 1.29 is 17.9 Å².